The minimum atomic E-state index is 0.647. The SMILES string of the molecule is N#C/C(=C\c1ccc(Cl)cc1)c1ccc(I)cc1. The molecule has 0 atom stereocenters. The molecule has 0 aliphatic carbocycles. The van der Waals surface area contributed by atoms with E-state index in [1.54, 1.807) is 0 Å². The fourth-order valence-electron chi connectivity index (χ4n) is 1.54. The van der Waals surface area contributed by atoms with Crippen molar-refractivity contribution in [1.82, 2.24) is 0 Å². The molecule has 0 saturated carbocycles. The number of halogens is 2. The smallest absolute Gasteiger partial charge is 0.0998 e. The number of benzene rings is 2. The second kappa shape index (κ2) is 6.03. The van der Waals surface area contributed by atoms with Gasteiger partial charge in [-0.05, 0) is 64.1 Å². The zero-order valence-electron chi connectivity index (χ0n) is 9.40. The van der Waals surface area contributed by atoms with Crippen molar-refractivity contribution in [3.63, 3.8) is 0 Å². The van der Waals surface area contributed by atoms with Gasteiger partial charge in [-0.25, -0.2) is 0 Å². The molecule has 0 aromatic heterocycles. The van der Waals surface area contributed by atoms with Gasteiger partial charge >= 0.3 is 0 Å². The third-order valence-corrected chi connectivity index (χ3v) is 3.43. The van der Waals surface area contributed by atoms with Crippen LogP contribution >= 0.6 is 34.2 Å². The van der Waals surface area contributed by atoms with Crippen LogP contribution in [-0.4, -0.2) is 0 Å². The molecule has 0 unspecified atom stereocenters. The molecule has 2 rings (SSSR count). The summed E-state index contributed by atoms with van der Waals surface area (Å²) < 4.78 is 1.15. The predicted octanol–water partition coefficient (Wildman–Crippen LogP) is 5.01. The molecule has 18 heavy (non-hydrogen) atoms. The maximum Gasteiger partial charge on any atom is 0.0998 e. The first kappa shape index (κ1) is 13.1. The number of hydrogen-bond donors (Lipinski definition) is 0. The van der Waals surface area contributed by atoms with Crippen molar-refractivity contribution in [3.8, 4) is 6.07 Å². The van der Waals surface area contributed by atoms with Crippen molar-refractivity contribution in [3.05, 3.63) is 68.3 Å². The van der Waals surface area contributed by atoms with Crippen LogP contribution in [0.15, 0.2) is 48.5 Å². The van der Waals surface area contributed by atoms with Gasteiger partial charge < -0.3 is 0 Å². The first-order valence-corrected chi connectivity index (χ1v) is 6.78. The van der Waals surface area contributed by atoms with E-state index in [9.17, 15) is 5.26 Å². The maximum atomic E-state index is 9.22. The lowest BCUT2D eigenvalue weighted by molar-refractivity contribution is 1.52. The molecule has 0 aliphatic heterocycles. The summed E-state index contributed by atoms with van der Waals surface area (Å²) in [4.78, 5) is 0. The largest absolute Gasteiger partial charge is 0.192 e. The van der Waals surface area contributed by atoms with Crippen LogP contribution < -0.4 is 0 Å². The van der Waals surface area contributed by atoms with E-state index in [2.05, 4.69) is 28.7 Å². The van der Waals surface area contributed by atoms with E-state index in [0.717, 1.165) is 14.7 Å². The van der Waals surface area contributed by atoms with Crippen molar-refractivity contribution < 1.29 is 0 Å². The fraction of sp³-hybridized carbons (Fsp3) is 0. The Kier molecular flexibility index (Phi) is 4.40. The summed E-state index contributed by atoms with van der Waals surface area (Å²) in [5, 5.41) is 9.91. The first-order valence-electron chi connectivity index (χ1n) is 5.32. The molecule has 0 aliphatic rings. The third-order valence-electron chi connectivity index (χ3n) is 2.46. The Labute approximate surface area is 125 Å². The minimum absolute atomic E-state index is 0.647. The molecule has 0 bridgehead atoms. The van der Waals surface area contributed by atoms with E-state index in [4.69, 9.17) is 11.6 Å². The average molecular weight is 366 g/mol. The molecule has 2 aromatic rings. The van der Waals surface area contributed by atoms with Gasteiger partial charge in [-0.1, -0.05) is 35.9 Å². The molecule has 2 aromatic carbocycles. The summed E-state index contributed by atoms with van der Waals surface area (Å²) in [5.41, 5.74) is 2.54. The molecule has 0 heterocycles. The van der Waals surface area contributed by atoms with E-state index in [1.807, 2.05) is 54.6 Å². The Bertz CT molecular complexity index is 606. The molecule has 0 saturated heterocycles. The normalized spacial score (nSPS) is 11.1. The lowest BCUT2D eigenvalue weighted by atomic mass is 10.0. The van der Waals surface area contributed by atoms with Gasteiger partial charge in [0.2, 0.25) is 0 Å². The van der Waals surface area contributed by atoms with E-state index < -0.39 is 0 Å². The second-order valence-electron chi connectivity index (χ2n) is 3.73. The van der Waals surface area contributed by atoms with Crippen molar-refractivity contribution in [2.75, 3.05) is 0 Å². The molecule has 0 fully saturated rings. The van der Waals surface area contributed by atoms with Gasteiger partial charge in [0.25, 0.3) is 0 Å². The minimum Gasteiger partial charge on any atom is -0.192 e. The molecule has 0 N–H and O–H groups in total. The monoisotopic (exact) mass is 365 g/mol. The molecule has 0 amide bonds. The molecule has 0 spiro atoms. The standard InChI is InChI=1S/C15H9ClIN/c16-14-5-1-11(2-6-14)9-13(10-18)12-3-7-15(17)8-4-12/h1-9H/b13-9+. The highest BCUT2D eigenvalue weighted by atomic mass is 127. The van der Waals surface area contributed by atoms with Gasteiger partial charge in [-0.15, -0.1) is 0 Å². The lowest BCUT2D eigenvalue weighted by Gasteiger charge is -2.00. The van der Waals surface area contributed by atoms with Crippen LogP contribution in [0.1, 0.15) is 11.1 Å². The second-order valence-corrected chi connectivity index (χ2v) is 5.41. The summed E-state index contributed by atoms with van der Waals surface area (Å²) in [6.45, 7) is 0. The van der Waals surface area contributed by atoms with Crippen LogP contribution in [0.3, 0.4) is 0 Å². The molecule has 88 valence electrons. The van der Waals surface area contributed by atoms with Crippen molar-refractivity contribution in [2.45, 2.75) is 0 Å². The maximum absolute atomic E-state index is 9.22. The molecule has 3 heteroatoms. The van der Waals surface area contributed by atoms with Gasteiger partial charge in [0, 0.05) is 8.59 Å². The van der Waals surface area contributed by atoms with Gasteiger partial charge in [0.1, 0.15) is 0 Å². The summed E-state index contributed by atoms with van der Waals surface area (Å²) >= 11 is 8.07. The van der Waals surface area contributed by atoms with Crippen LogP contribution in [0.5, 0.6) is 0 Å². The van der Waals surface area contributed by atoms with Crippen LogP contribution in [0.25, 0.3) is 11.6 Å². The predicted molar refractivity (Wildman–Crippen MR) is 84.1 cm³/mol. The lowest BCUT2D eigenvalue weighted by Crippen LogP contribution is -1.82. The quantitative estimate of drug-likeness (QED) is 0.417. The van der Waals surface area contributed by atoms with Crippen molar-refractivity contribution >= 4 is 45.8 Å². The van der Waals surface area contributed by atoms with E-state index in [1.165, 1.54) is 0 Å². The third kappa shape index (κ3) is 3.34. The Hall–Kier alpha value is -1.31. The van der Waals surface area contributed by atoms with Crippen LogP contribution in [0, 0.1) is 14.9 Å². The number of rotatable bonds is 2. The zero-order chi connectivity index (χ0) is 13.0. The first-order chi connectivity index (χ1) is 8.69. The van der Waals surface area contributed by atoms with Crippen molar-refractivity contribution in [1.29, 1.82) is 5.26 Å². The highest BCUT2D eigenvalue weighted by molar-refractivity contribution is 14.1. The summed E-state index contributed by atoms with van der Waals surface area (Å²) in [5.74, 6) is 0. The van der Waals surface area contributed by atoms with Crippen LogP contribution in [0.2, 0.25) is 5.02 Å². The fourth-order valence-corrected chi connectivity index (χ4v) is 2.02. The zero-order valence-corrected chi connectivity index (χ0v) is 12.3. The van der Waals surface area contributed by atoms with Crippen molar-refractivity contribution in [2.24, 2.45) is 0 Å². The summed E-state index contributed by atoms with van der Waals surface area (Å²) in [7, 11) is 0. The molecule has 1 nitrogen and oxygen atoms in total. The molecule has 0 radical (unpaired) electrons. The Morgan fingerprint density at radius 2 is 1.67 bits per heavy atom. The van der Waals surface area contributed by atoms with Gasteiger partial charge in [0.15, 0.2) is 0 Å². The highest BCUT2D eigenvalue weighted by Gasteiger charge is 2.00. The van der Waals surface area contributed by atoms with Crippen LogP contribution in [-0.2, 0) is 0 Å². The number of allylic oxidation sites excluding steroid dienone is 1. The number of nitriles is 1. The van der Waals surface area contributed by atoms with Crippen LogP contribution in [0.4, 0.5) is 0 Å². The average Bonchev–Trinajstić information content (AvgIpc) is 2.39. The van der Waals surface area contributed by atoms with E-state index >= 15 is 0 Å². The Morgan fingerprint density at radius 1 is 1.06 bits per heavy atom. The van der Waals surface area contributed by atoms with E-state index in [-0.39, 0.29) is 0 Å². The summed E-state index contributed by atoms with van der Waals surface area (Å²) in [6, 6.07) is 17.5. The number of hydrogen-bond acceptors (Lipinski definition) is 1. The van der Waals surface area contributed by atoms with E-state index in [0.29, 0.717) is 10.6 Å². The Morgan fingerprint density at radius 3 is 2.22 bits per heavy atom. The van der Waals surface area contributed by atoms with Gasteiger partial charge in [-0.2, -0.15) is 5.26 Å². The molecular weight excluding hydrogens is 357 g/mol. The van der Waals surface area contributed by atoms with Gasteiger partial charge in [0.05, 0.1) is 11.6 Å². The van der Waals surface area contributed by atoms with Gasteiger partial charge in [-0.3, -0.25) is 0 Å². The highest BCUT2D eigenvalue weighted by Crippen LogP contribution is 2.20. The topological polar surface area (TPSA) is 23.8 Å². The number of nitrogens with zero attached hydrogens (tertiary/aromatic N) is 1. The Balaban J connectivity index is 2.37. The summed E-state index contributed by atoms with van der Waals surface area (Å²) in [6.07, 6.45) is 1.86. The molecular formula is C15H9ClIN.